The van der Waals surface area contributed by atoms with Crippen molar-refractivity contribution in [3.05, 3.63) is 30.6 Å². The molecule has 1 N–H and O–H groups in total. The Hall–Kier alpha value is -3.14. The standard InChI is InChI=1S/C27H39N5O5/c1-27(2,3)37-26(34)28-13-12-24(33)31-15-6-7-20(18-31)19-36-21-9-10-22(29-17-21)23-11-14-30-32(23)25-8-4-5-16-35-25/h9-11,14,17,20,25H,4-8,12-13,15-16,18-19H2,1-3H3,(H,28,34)/t20-,25?/m1/s1. The third-order valence-electron chi connectivity index (χ3n) is 6.46. The topological polar surface area (TPSA) is 108 Å². The maximum absolute atomic E-state index is 12.6. The Kier molecular flexibility index (Phi) is 9.02. The summed E-state index contributed by atoms with van der Waals surface area (Å²) in [6, 6.07) is 5.83. The average molecular weight is 514 g/mol. The van der Waals surface area contributed by atoms with Crippen molar-refractivity contribution in [2.24, 2.45) is 5.92 Å². The van der Waals surface area contributed by atoms with E-state index in [-0.39, 0.29) is 31.0 Å². The van der Waals surface area contributed by atoms with Crippen LogP contribution in [0.2, 0.25) is 0 Å². The predicted molar refractivity (Wildman–Crippen MR) is 138 cm³/mol. The first-order valence-corrected chi connectivity index (χ1v) is 13.3. The molecule has 10 heteroatoms. The monoisotopic (exact) mass is 513 g/mol. The number of carbonyl (C=O) groups is 2. The van der Waals surface area contributed by atoms with Gasteiger partial charge in [-0.25, -0.2) is 9.48 Å². The van der Waals surface area contributed by atoms with Gasteiger partial charge in [-0.05, 0) is 71.1 Å². The van der Waals surface area contributed by atoms with Gasteiger partial charge < -0.3 is 24.4 Å². The van der Waals surface area contributed by atoms with Crippen LogP contribution in [0.25, 0.3) is 11.4 Å². The number of nitrogens with one attached hydrogen (secondary N) is 1. The van der Waals surface area contributed by atoms with Gasteiger partial charge in [0.15, 0.2) is 6.23 Å². The summed E-state index contributed by atoms with van der Waals surface area (Å²) >= 11 is 0. The van der Waals surface area contributed by atoms with Crippen molar-refractivity contribution in [1.29, 1.82) is 0 Å². The van der Waals surface area contributed by atoms with Crippen LogP contribution in [0.15, 0.2) is 30.6 Å². The van der Waals surface area contributed by atoms with Crippen molar-refractivity contribution < 1.29 is 23.8 Å². The molecule has 202 valence electrons. The van der Waals surface area contributed by atoms with Crippen LogP contribution in [0.1, 0.15) is 65.5 Å². The molecule has 4 rings (SSSR count). The molecule has 0 aliphatic carbocycles. The normalized spacial score (nSPS) is 20.4. The Morgan fingerprint density at radius 1 is 1.16 bits per heavy atom. The summed E-state index contributed by atoms with van der Waals surface area (Å²) in [5, 5.41) is 7.11. The fraction of sp³-hybridized carbons (Fsp3) is 0.630. The number of aromatic nitrogens is 3. The second-order valence-corrected chi connectivity index (χ2v) is 10.7. The molecule has 2 aliphatic rings. The van der Waals surface area contributed by atoms with E-state index in [1.165, 1.54) is 0 Å². The number of pyridine rings is 1. The van der Waals surface area contributed by atoms with E-state index in [2.05, 4.69) is 15.4 Å². The van der Waals surface area contributed by atoms with Crippen LogP contribution < -0.4 is 10.1 Å². The van der Waals surface area contributed by atoms with Gasteiger partial charge in [0.05, 0.1) is 24.2 Å². The van der Waals surface area contributed by atoms with E-state index in [4.69, 9.17) is 14.2 Å². The second kappa shape index (κ2) is 12.4. The molecule has 0 radical (unpaired) electrons. The average Bonchev–Trinajstić information content (AvgIpc) is 3.37. The molecule has 2 fully saturated rings. The zero-order valence-electron chi connectivity index (χ0n) is 22.1. The Morgan fingerprint density at radius 3 is 2.76 bits per heavy atom. The van der Waals surface area contributed by atoms with Crippen molar-refractivity contribution in [2.75, 3.05) is 32.8 Å². The number of piperidine rings is 1. The van der Waals surface area contributed by atoms with Gasteiger partial charge in [0.2, 0.25) is 5.91 Å². The van der Waals surface area contributed by atoms with Crippen LogP contribution in [0.5, 0.6) is 5.75 Å². The highest BCUT2D eigenvalue weighted by molar-refractivity contribution is 5.77. The first-order valence-electron chi connectivity index (χ1n) is 13.3. The largest absolute Gasteiger partial charge is 0.492 e. The van der Waals surface area contributed by atoms with Gasteiger partial charge in [0.1, 0.15) is 11.4 Å². The molecule has 0 spiro atoms. The summed E-state index contributed by atoms with van der Waals surface area (Å²) in [5.74, 6) is 0.986. The van der Waals surface area contributed by atoms with Gasteiger partial charge in [-0.2, -0.15) is 5.10 Å². The van der Waals surface area contributed by atoms with E-state index in [1.807, 2.05) is 27.8 Å². The molecule has 10 nitrogen and oxygen atoms in total. The van der Waals surface area contributed by atoms with Crippen LogP contribution in [-0.2, 0) is 14.3 Å². The minimum atomic E-state index is -0.559. The highest BCUT2D eigenvalue weighted by Crippen LogP contribution is 2.28. The Bertz CT molecular complexity index is 1030. The van der Waals surface area contributed by atoms with Crippen molar-refractivity contribution in [2.45, 2.75) is 71.1 Å². The van der Waals surface area contributed by atoms with Gasteiger partial charge in [-0.1, -0.05) is 0 Å². The highest BCUT2D eigenvalue weighted by Gasteiger charge is 2.25. The van der Waals surface area contributed by atoms with Gasteiger partial charge in [-0.15, -0.1) is 0 Å². The molecule has 4 heterocycles. The van der Waals surface area contributed by atoms with Crippen molar-refractivity contribution in [1.82, 2.24) is 25.0 Å². The lowest BCUT2D eigenvalue weighted by atomic mass is 9.98. The van der Waals surface area contributed by atoms with E-state index in [9.17, 15) is 9.59 Å². The van der Waals surface area contributed by atoms with Crippen LogP contribution in [0, 0.1) is 5.92 Å². The fourth-order valence-corrected chi connectivity index (χ4v) is 4.67. The van der Waals surface area contributed by atoms with Crippen molar-refractivity contribution in [3.63, 3.8) is 0 Å². The third kappa shape index (κ3) is 7.92. The van der Waals surface area contributed by atoms with Gasteiger partial charge in [0, 0.05) is 44.8 Å². The number of hydrogen-bond donors (Lipinski definition) is 1. The SMILES string of the molecule is CC(C)(C)OC(=O)NCCC(=O)N1CCC[C@@H](COc2ccc(-c3ccnn3C3CCCCO3)nc2)C1. The van der Waals surface area contributed by atoms with Gasteiger partial charge in [0.25, 0.3) is 0 Å². The zero-order chi connectivity index (χ0) is 26.3. The number of carbonyl (C=O) groups excluding carboxylic acids is 2. The van der Waals surface area contributed by atoms with Crippen molar-refractivity contribution in [3.8, 4) is 17.1 Å². The molecular formula is C27H39N5O5. The van der Waals surface area contributed by atoms with E-state index in [1.54, 1.807) is 33.2 Å². The quantitative estimate of drug-likeness (QED) is 0.564. The molecule has 2 amide bonds. The summed E-state index contributed by atoms with van der Waals surface area (Å²) in [4.78, 5) is 30.9. The smallest absolute Gasteiger partial charge is 0.407 e. The molecule has 0 bridgehead atoms. The van der Waals surface area contributed by atoms with Crippen LogP contribution in [-0.4, -0.2) is 70.1 Å². The Morgan fingerprint density at radius 2 is 2.03 bits per heavy atom. The minimum absolute atomic E-state index is 0.0327. The molecule has 2 aromatic heterocycles. The maximum Gasteiger partial charge on any atom is 0.407 e. The summed E-state index contributed by atoms with van der Waals surface area (Å²) in [7, 11) is 0. The summed E-state index contributed by atoms with van der Waals surface area (Å²) in [6.07, 6.45) is 8.35. The Labute approximate surface area is 218 Å². The second-order valence-electron chi connectivity index (χ2n) is 10.7. The first-order chi connectivity index (χ1) is 17.8. The number of nitrogens with zero attached hydrogens (tertiary/aromatic N) is 4. The van der Waals surface area contributed by atoms with Gasteiger partial charge >= 0.3 is 6.09 Å². The lowest BCUT2D eigenvalue weighted by molar-refractivity contribution is -0.133. The predicted octanol–water partition coefficient (Wildman–Crippen LogP) is 4.18. The van der Waals surface area contributed by atoms with Crippen LogP contribution >= 0.6 is 0 Å². The molecule has 37 heavy (non-hydrogen) atoms. The van der Waals surface area contributed by atoms with Gasteiger partial charge in [-0.3, -0.25) is 9.78 Å². The number of hydrogen-bond acceptors (Lipinski definition) is 7. The van der Waals surface area contributed by atoms with E-state index >= 15 is 0 Å². The van der Waals surface area contributed by atoms with Crippen LogP contribution in [0.3, 0.4) is 0 Å². The minimum Gasteiger partial charge on any atom is -0.492 e. The number of ether oxygens (including phenoxy) is 3. The van der Waals surface area contributed by atoms with Crippen molar-refractivity contribution >= 4 is 12.0 Å². The molecule has 0 saturated carbocycles. The summed E-state index contributed by atoms with van der Waals surface area (Å²) in [6.45, 7) is 8.35. The fourth-order valence-electron chi connectivity index (χ4n) is 4.67. The number of amides is 2. The number of rotatable bonds is 8. The molecule has 2 saturated heterocycles. The molecule has 0 aromatic carbocycles. The summed E-state index contributed by atoms with van der Waals surface area (Å²) in [5.41, 5.74) is 1.20. The molecule has 2 atom stereocenters. The summed E-state index contributed by atoms with van der Waals surface area (Å²) < 4.78 is 19.0. The van der Waals surface area contributed by atoms with E-state index in [0.29, 0.717) is 18.9 Å². The van der Waals surface area contributed by atoms with Crippen LogP contribution in [0.4, 0.5) is 4.79 Å². The molecular weight excluding hydrogens is 474 g/mol. The highest BCUT2D eigenvalue weighted by atomic mass is 16.6. The first kappa shape index (κ1) is 26.9. The molecule has 2 aliphatic heterocycles. The number of alkyl carbamates (subject to hydrolysis) is 1. The number of likely N-dealkylation sites (tertiary alicyclic amines) is 1. The van der Waals surface area contributed by atoms with E-state index in [0.717, 1.165) is 56.6 Å². The maximum atomic E-state index is 12.6. The Balaban J connectivity index is 1.22. The van der Waals surface area contributed by atoms with E-state index < -0.39 is 11.7 Å². The lowest BCUT2D eigenvalue weighted by Gasteiger charge is -2.32. The zero-order valence-corrected chi connectivity index (χ0v) is 22.1. The third-order valence-corrected chi connectivity index (χ3v) is 6.46. The molecule has 1 unspecified atom stereocenters. The molecule has 2 aromatic rings. The lowest BCUT2D eigenvalue weighted by Crippen LogP contribution is -2.43.